The average Bonchev–Trinajstić information content (AvgIpc) is 2.96. The molecule has 0 aliphatic heterocycles. The smallest absolute Gasteiger partial charge is 0.353 e. The Morgan fingerprint density at radius 1 is 1.24 bits per heavy atom. The van der Waals surface area contributed by atoms with Crippen LogP contribution < -0.4 is 9.47 Å². The maximum absolute atomic E-state index is 10.9. The molecule has 0 aliphatic carbocycles. The lowest BCUT2D eigenvalue weighted by atomic mass is 10.1. The van der Waals surface area contributed by atoms with E-state index in [9.17, 15) is 4.79 Å². The summed E-state index contributed by atoms with van der Waals surface area (Å²) in [7, 11) is 4.66. The second-order valence-corrected chi connectivity index (χ2v) is 4.28. The molecule has 0 saturated heterocycles. The van der Waals surface area contributed by atoms with Gasteiger partial charge in [0.15, 0.2) is 11.5 Å². The number of rotatable bonds is 6. The molecule has 0 bridgehead atoms. The molecule has 7 nitrogen and oxygen atoms in total. The van der Waals surface area contributed by atoms with Gasteiger partial charge in [0.1, 0.15) is 5.69 Å². The summed E-state index contributed by atoms with van der Waals surface area (Å²) in [5, 5.41) is 15.4. The van der Waals surface area contributed by atoms with E-state index in [0.717, 1.165) is 5.56 Å². The first-order valence-electron chi connectivity index (χ1n) is 6.13. The molecule has 112 valence electrons. The van der Waals surface area contributed by atoms with E-state index in [1.165, 1.54) is 13.2 Å². The van der Waals surface area contributed by atoms with Crippen molar-refractivity contribution in [3.05, 3.63) is 29.5 Å². The first-order valence-corrected chi connectivity index (χ1v) is 6.13. The molecule has 1 heterocycles. The van der Waals surface area contributed by atoms with Crippen LogP contribution in [-0.2, 0) is 11.3 Å². The van der Waals surface area contributed by atoms with Crippen LogP contribution in [0.5, 0.6) is 11.5 Å². The van der Waals surface area contributed by atoms with Gasteiger partial charge in [-0.05, 0) is 18.2 Å². The topological polar surface area (TPSA) is 93.7 Å². The summed E-state index contributed by atoms with van der Waals surface area (Å²) in [5.41, 5.74) is 2.02. The van der Waals surface area contributed by atoms with Crippen molar-refractivity contribution in [2.75, 3.05) is 21.3 Å². The fraction of sp³-hybridized carbons (Fsp3) is 0.286. The highest BCUT2D eigenvalue weighted by Gasteiger charge is 2.16. The number of hydrogen-bond donors (Lipinski definition) is 2. The number of nitrogens with one attached hydrogen (secondary N) is 1. The van der Waals surface area contributed by atoms with Crippen molar-refractivity contribution in [1.29, 1.82) is 0 Å². The van der Waals surface area contributed by atoms with Crippen molar-refractivity contribution in [3.8, 4) is 22.8 Å². The Bertz CT molecular complexity index is 651. The lowest BCUT2D eigenvalue weighted by Gasteiger charge is -2.14. The molecule has 1 aromatic heterocycles. The fourth-order valence-electron chi connectivity index (χ4n) is 2.03. The van der Waals surface area contributed by atoms with Crippen molar-refractivity contribution < 1.29 is 24.1 Å². The number of carbonyl (C=O) groups is 1. The molecule has 0 radical (unpaired) electrons. The van der Waals surface area contributed by atoms with E-state index in [1.54, 1.807) is 20.3 Å². The van der Waals surface area contributed by atoms with Crippen molar-refractivity contribution in [1.82, 2.24) is 10.2 Å². The zero-order chi connectivity index (χ0) is 15.4. The largest absolute Gasteiger partial charge is 0.493 e. The van der Waals surface area contributed by atoms with Crippen molar-refractivity contribution in [3.63, 3.8) is 0 Å². The molecule has 0 spiro atoms. The zero-order valence-corrected chi connectivity index (χ0v) is 12.0. The summed E-state index contributed by atoms with van der Waals surface area (Å²) >= 11 is 0. The predicted octanol–water partition coefficient (Wildman–Crippen LogP) is 1.94. The highest BCUT2D eigenvalue weighted by molar-refractivity contribution is 5.87. The van der Waals surface area contributed by atoms with E-state index in [0.29, 0.717) is 29.4 Å². The number of methoxy groups -OCH3 is 3. The molecule has 2 aromatic rings. The molecule has 2 N–H and O–H groups in total. The molecular formula is C14H16N2O5. The van der Waals surface area contributed by atoms with Crippen LogP contribution in [0.4, 0.5) is 0 Å². The fourth-order valence-corrected chi connectivity index (χ4v) is 2.03. The Kier molecular flexibility index (Phi) is 4.44. The highest BCUT2D eigenvalue weighted by Crippen LogP contribution is 2.36. The quantitative estimate of drug-likeness (QED) is 0.845. The van der Waals surface area contributed by atoms with Crippen LogP contribution in [0.3, 0.4) is 0 Å². The van der Waals surface area contributed by atoms with Gasteiger partial charge in [0, 0.05) is 18.2 Å². The summed E-state index contributed by atoms with van der Waals surface area (Å²) in [6, 6.07) is 5.02. The molecule has 0 aliphatic rings. The summed E-state index contributed by atoms with van der Waals surface area (Å²) in [6.07, 6.45) is 0. The van der Waals surface area contributed by atoms with Crippen molar-refractivity contribution >= 4 is 5.97 Å². The third kappa shape index (κ3) is 2.97. The molecule has 0 fully saturated rings. The molecule has 0 amide bonds. The van der Waals surface area contributed by atoms with Crippen LogP contribution in [0, 0.1) is 0 Å². The van der Waals surface area contributed by atoms with Crippen LogP contribution in [0.2, 0.25) is 0 Å². The number of hydrogen-bond acceptors (Lipinski definition) is 5. The molecule has 0 unspecified atom stereocenters. The summed E-state index contributed by atoms with van der Waals surface area (Å²) < 4.78 is 15.8. The predicted molar refractivity (Wildman–Crippen MR) is 74.8 cm³/mol. The molecule has 21 heavy (non-hydrogen) atoms. The maximum atomic E-state index is 10.9. The number of H-pyrrole nitrogens is 1. The normalized spacial score (nSPS) is 10.4. The number of aromatic nitrogens is 2. The van der Waals surface area contributed by atoms with E-state index in [4.69, 9.17) is 19.3 Å². The number of ether oxygens (including phenoxy) is 3. The van der Waals surface area contributed by atoms with Gasteiger partial charge < -0.3 is 19.3 Å². The third-order valence-corrected chi connectivity index (χ3v) is 2.96. The standard InChI is InChI=1S/C14H16N2O5/c1-19-7-9-4-8(5-12(20-2)13(9)21-3)10-6-11(14(17)18)16-15-10/h4-6H,7H2,1-3H3,(H,15,16)(H,17,18). The minimum absolute atomic E-state index is 0.0214. The molecule has 7 heteroatoms. The minimum Gasteiger partial charge on any atom is -0.493 e. The van der Waals surface area contributed by atoms with Gasteiger partial charge in [0.2, 0.25) is 0 Å². The first kappa shape index (κ1) is 14.9. The van der Waals surface area contributed by atoms with E-state index in [-0.39, 0.29) is 5.69 Å². The summed E-state index contributed by atoms with van der Waals surface area (Å²) in [6.45, 7) is 0.337. The van der Waals surface area contributed by atoms with Gasteiger partial charge in [-0.3, -0.25) is 5.10 Å². The van der Waals surface area contributed by atoms with Gasteiger partial charge >= 0.3 is 5.97 Å². The van der Waals surface area contributed by atoms with E-state index in [2.05, 4.69) is 10.2 Å². The number of aromatic carboxylic acids is 1. The van der Waals surface area contributed by atoms with Crippen LogP contribution in [0.1, 0.15) is 16.1 Å². The first-order chi connectivity index (χ1) is 10.1. The average molecular weight is 292 g/mol. The Morgan fingerprint density at radius 3 is 2.52 bits per heavy atom. The summed E-state index contributed by atoms with van der Waals surface area (Å²) in [5.74, 6) is 0.0466. The number of benzene rings is 1. The van der Waals surface area contributed by atoms with Crippen LogP contribution in [-0.4, -0.2) is 42.6 Å². The Balaban J connectivity index is 2.52. The number of aromatic amines is 1. The van der Waals surface area contributed by atoms with Crippen molar-refractivity contribution in [2.24, 2.45) is 0 Å². The van der Waals surface area contributed by atoms with E-state index < -0.39 is 5.97 Å². The van der Waals surface area contributed by atoms with Crippen LogP contribution in [0.25, 0.3) is 11.3 Å². The van der Waals surface area contributed by atoms with Crippen LogP contribution >= 0.6 is 0 Å². The van der Waals surface area contributed by atoms with Gasteiger partial charge in [0.25, 0.3) is 0 Å². The molecule has 2 rings (SSSR count). The van der Waals surface area contributed by atoms with E-state index in [1.807, 2.05) is 6.07 Å². The Hall–Kier alpha value is -2.54. The zero-order valence-electron chi connectivity index (χ0n) is 12.0. The number of carboxylic acid groups (broad SMARTS) is 1. The van der Waals surface area contributed by atoms with Crippen LogP contribution in [0.15, 0.2) is 18.2 Å². The molecule has 1 aromatic carbocycles. The lowest BCUT2D eigenvalue weighted by molar-refractivity contribution is 0.0690. The molecular weight excluding hydrogens is 276 g/mol. The number of nitrogens with zero attached hydrogens (tertiary/aromatic N) is 1. The van der Waals surface area contributed by atoms with Gasteiger partial charge in [-0.25, -0.2) is 4.79 Å². The van der Waals surface area contributed by atoms with Gasteiger partial charge in [-0.15, -0.1) is 0 Å². The number of carboxylic acids is 1. The second-order valence-electron chi connectivity index (χ2n) is 4.28. The minimum atomic E-state index is -1.06. The third-order valence-electron chi connectivity index (χ3n) is 2.96. The van der Waals surface area contributed by atoms with Crippen molar-refractivity contribution in [2.45, 2.75) is 6.61 Å². The Morgan fingerprint density at radius 2 is 2.00 bits per heavy atom. The second kappa shape index (κ2) is 6.27. The lowest BCUT2D eigenvalue weighted by Crippen LogP contribution is -1.98. The van der Waals surface area contributed by atoms with Gasteiger partial charge in [0.05, 0.1) is 26.5 Å². The monoisotopic (exact) mass is 292 g/mol. The van der Waals surface area contributed by atoms with Gasteiger partial charge in [-0.1, -0.05) is 0 Å². The SMILES string of the molecule is COCc1cc(-c2cc(C(=O)O)[nH]n2)cc(OC)c1OC. The molecule has 0 atom stereocenters. The summed E-state index contributed by atoms with van der Waals surface area (Å²) in [4.78, 5) is 10.9. The highest BCUT2D eigenvalue weighted by atomic mass is 16.5. The van der Waals surface area contributed by atoms with Gasteiger partial charge in [-0.2, -0.15) is 5.10 Å². The Labute approximate surface area is 121 Å². The maximum Gasteiger partial charge on any atom is 0.353 e. The van der Waals surface area contributed by atoms with E-state index >= 15 is 0 Å². The molecule has 0 saturated carbocycles.